The molecule has 0 unspecified atom stereocenters. The summed E-state index contributed by atoms with van der Waals surface area (Å²) in [5, 5.41) is 16.8. The number of para-hydroxylation sites is 3. The van der Waals surface area contributed by atoms with E-state index in [4.69, 9.17) is 9.72 Å². The zero-order valence-corrected chi connectivity index (χ0v) is 16.2. The third-order valence-corrected chi connectivity index (χ3v) is 5.10. The fourth-order valence-electron chi connectivity index (χ4n) is 3.73. The average molecular weight is 378 g/mol. The third kappa shape index (κ3) is 3.79. The highest BCUT2D eigenvalue weighted by Gasteiger charge is 2.25. The molecular weight excluding hydrogens is 352 g/mol. The van der Waals surface area contributed by atoms with E-state index in [-0.39, 0.29) is 0 Å². The molecule has 0 atom stereocenters. The Hall–Kier alpha value is -2.70. The third-order valence-electron chi connectivity index (χ3n) is 5.10. The molecule has 0 aliphatic carbocycles. The zero-order chi connectivity index (χ0) is 19.3. The number of benzene rings is 2. The lowest BCUT2D eigenvalue weighted by atomic mass is 10.1. The SMILES string of the molecule is CCOc1ccccc1-c1nc2ccccc2[n+]([O-])c1CN1CCCNCC1. The Morgan fingerprint density at radius 2 is 1.93 bits per heavy atom. The van der Waals surface area contributed by atoms with Crippen LogP contribution >= 0.6 is 0 Å². The van der Waals surface area contributed by atoms with Crippen molar-refractivity contribution in [2.75, 3.05) is 32.8 Å². The Morgan fingerprint density at radius 1 is 1.11 bits per heavy atom. The van der Waals surface area contributed by atoms with Crippen molar-refractivity contribution in [3.8, 4) is 17.0 Å². The number of rotatable bonds is 5. The number of nitrogens with zero attached hydrogens (tertiary/aromatic N) is 3. The molecule has 0 spiro atoms. The minimum absolute atomic E-state index is 0.565. The monoisotopic (exact) mass is 378 g/mol. The molecule has 0 amide bonds. The smallest absolute Gasteiger partial charge is 0.242 e. The standard InChI is InChI=1S/C22H26N4O2/c1-2-28-21-11-6-3-8-17(21)22-20(16-25-14-7-12-23-13-15-25)26(27)19-10-5-4-9-18(19)24-22/h3-6,8-11,23H,2,7,12-16H2,1H3. The van der Waals surface area contributed by atoms with E-state index in [1.54, 1.807) is 0 Å². The van der Waals surface area contributed by atoms with E-state index in [0.717, 1.165) is 48.6 Å². The van der Waals surface area contributed by atoms with Gasteiger partial charge in [-0.25, -0.2) is 4.98 Å². The summed E-state index contributed by atoms with van der Waals surface area (Å²) in [7, 11) is 0. The number of nitrogens with one attached hydrogen (secondary N) is 1. The first kappa shape index (κ1) is 18.7. The van der Waals surface area contributed by atoms with Gasteiger partial charge in [0.1, 0.15) is 17.0 Å². The number of ether oxygens (including phenoxy) is 1. The molecule has 1 aliphatic rings. The van der Waals surface area contributed by atoms with Gasteiger partial charge in [-0.2, -0.15) is 4.73 Å². The fourth-order valence-corrected chi connectivity index (χ4v) is 3.73. The molecule has 1 aliphatic heterocycles. The van der Waals surface area contributed by atoms with Crippen molar-refractivity contribution in [2.45, 2.75) is 19.9 Å². The first-order chi connectivity index (χ1) is 13.8. The predicted molar refractivity (Wildman–Crippen MR) is 110 cm³/mol. The molecule has 0 radical (unpaired) electrons. The van der Waals surface area contributed by atoms with Gasteiger partial charge in [-0.3, -0.25) is 4.90 Å². The molecule has 3 aromatic rings. The van der Waals surface area contributed by atoms with Gasteiger partial charge in [0, 0.05) is 24.7 Å². The van der Waals surface area contributed by atoms with Crippen molar-refractivity contribution in [3.63, 3.8) is 0 Å². The van der Waals surface area contributed by atoms with Crippen LogP contribution in [0.25, 0.3) is 22.3 Å². The molecule has 6 nitrogen and oxygen atoms in total. The van der Waals surface area contributed by atoms with Gasteiger partial charge in [0.05, 0.1) is 13.2 Å². The summed E-state index contributed by atoms with van der Waals surface area (Å²) in [5.41, 5.74) is 3.54. The van der Waals surface area contributed by atoms with Gasteiger partial charge in [-0.15, -0.1) is 0 Å². The van der Waals surface area contributed by atoms with Crippen molar-refractivity contribution in [1.29, 1.82) is 0 Å². The van der Waals surface area contributed by atoms with E-state index in [9.17, 15) is 5.21 Å². The number of hydrogen-bond donors (Lipinski definition) is 1. The zero-order valence-electron chi connectivity index (χ0n) is 16.2. The molecule has 1 N–H and O–H groups in total. The van der Waals surface area contributed by atoms with Crippen LogP contribution in [0.1, 0.15) is 19.0 Å². The average Bonchev–Trinajstić information content (AvgIpc) is 2.99. The highest BCUT2D eigenvalue weighted by molar-refractivity contribution is 5.77. The highest BCUT2D eigenvalue weighted by atomic mass is 16.5. The molecule has 2 heterocycles. The summed E-state index contributed by atoms with van der Waals surface area (Å²) in [4.78, 5) is 7.22. The Morgan fingerprint density at radius 3 is 2.82 bits per heavy atom. The van der Waals surface area contributed by atoms with E-state index >= 15 is 0 Å². The molecule has 0 bridgehead atoms. The van der Waals surface area contributed by atoms with E-state index in [2.05, 4.69) is 10.2 Å². The van der Waals surface area contributed by atoms with Gasteiger partial charge in [0.25, 0.3) is 0 Å². The van der Waals surface area contributed by atoms with Crippen molar-refractivity contribution in [2.24, 2.45) is 0 Å². The second-order valence-corrected chi connectivity index (χ2v) is 7.00. The maximum absolute atomic E-state index is 13.3. The number of aromatic nitrogens is 2. The molecule has 6 heteroatoms. The summed E-state index contributed by atoms with van der Waals surface area (Å²) in [5.74, 6) is 0.756. The van der Waals surface area contributed by atoms with E-state index < -0.39 is 0 Å². The van der Waals surface area contributed by atoms with Crippen LogP contribution in [-0.2, 0) is 6.54 Å². The van der Waals surface area contributed by atoms with Gasteiger partial charge >= 0.3 is 0 Å². The summed E-state index contributed by atoms with van der Waals surface area (Å²) in [6.45, 7) is 6.93. The Balaban J connectivity index is 1.86. The molecular formula is C22H26N4O2. The highest BCUT2D eigenvalue weighted by Crippen LogP contribution is 2.31. The summed E-state index contributed by atoms with van der Waals surface area (Å²) in [6, 6.07) is 15.3. The maximum Gasteiger partial charge on any atom is 0.242 e. The Bertz CT molecular complexity index is 952. The molecule has 1 fully saturated rings. The predicted octanol–water partition coefficient (Wildman–Crippen LogP) is 2.73. The minimum Gasteiger partial charge on any atom is -0.618 e. The topological polar surface area (TPSA) is 64.3 Å². The lowest BCUT2D eigenvalue weighted by molar-refractivity contribution is -0.587. The first-order valence-electron chi connectivity index (χ1n) is 9.94. The van der Waals surface area contributed by atoms with Crippen LogP contribution in [0.5, 0.6) is 5.75 Å². The quantitative estimate of drug-likeness (QED) is 0.546. The molecule has 1 saturated heterocycles. The number of hydrogen-bond acceptors (Lipinski definition) is 5. The second-order valence-electron chi connectivity index (χ2n) is 7.00. The molecule has 0 saturated carbocycles. The van der Waals surface area contributed by atoms with E-state index in [1.807, 2.05) is 55.5 Å². The number of fused-ring (bicyclic) bond motifs is 1. The van der Waals surface area contributed by atoms with Crippen molar-refractivity contribution >= 4 is 11.0 Å². The molecule has 1 aromatic heterocycles. The van der Waals surface area contributed by atoms with Gasteiger partial charge in [-0.1, -0.05) is 24.3 Å². The summed E-state index contributed by atoms with van der Waals surface area (Å²) < 4.78 is 6.89. The summed E-state index contributed by atoms with van der Waals surface area (Å²) >= 11 is 0. The minimum atomic E-state index is 0.565. The van der Waals surface area contributed by atoms with Crippen molar-refractivity contribution in [3.05, 3.63) is 59.4 Å². The van der Waals surface area contributed by atoms with E-state index in [1.165, 1.54) is 0 Å². The molecule has 146 valence electrons. The lowest BCUT2D eigenvalue weighted by Crippen LogP contribution is -2.39. The Labute approximate surface area is 165 Å². The van der Waals surface area contributed by atoms with Crippen molar-refractivity contribution < 1.29 is 9.47 Å². The largest absolute Gasteiger partial charge is 0.618 e. The van der Waals surface area contributed by atoms with Crippen LogP contribution in [0, 0.1) is 5.21 Å². The molecule has 28 heavy (non-hydrogen) atoms. The first-order valence-corrected chi connectivity index (χ1v) is 9.94. The van der Waals surface area contributed by atoms with Crippen LogP contribution in [0.3, 0.4) is 0 Å². The maximum atomic E-state index is 13.3. The van der Waals surface area contributed by atoms with Gasteiger partial charge in [0.15, 0.2) is 0 Å². The van der Waals surface area contributed by atoms with Gasteiger partial charge < -0.3 is 15.3 Å². The fraction of sp³-hybridized carbons (Fsp3) is 0.364. The van der Waals surface area contributed by atoms with Crippen LogP contribution in [0.4, 0.5) is 0 Å². The van der Waals surface area contributed by atoms with Crippen LogP contribution in [0.15, 0.2) is 48.5 Å². The van der Waals surface area contributed by atoms with Crippen LogP contribution in [-0.4, -0.2) is 42.7 Å². The molecule has 2 aromatic carbocycles. The second kappa shape index (κ2) is 8.54. The molecule has 4 rings (SSSR count). The van der Waals surface area contributed by atoms with E-state index in [0.29, 0.717) is 35.6 Å². The van der Waals surface area contributed by atoms with Crippen LogP contribution in [0.2, 0.25) is 0 Å². The van der Waals surface area contributed by atoms with Crippen molar-refractivity contribution in [1.82, 2.24) is 15.2 Å². The Kier molecular flexibility index (Phi) is 5.69. The van der Waals surface area contributed by atoms with Crippen LogP contribution < -0.4 is 14.8 Å². The van der Waals surface area contributed by atoms with Gasteiger partial charge in [0.2, 0.25) is 11.2 Å². The lowest BCUT2D eigenvalue weighted by Gasteiger charge is -2.21. The summed E-state index contributed by atoms with van der Waals surface area (Å²) in [6.07, 6.45) is 1.07. The normalized spacial score (nSPS) is 15.5. The van der Waals surface area contributed by atoms with Gasteiger partial charge in [-0.05, 0) is 44.6 Å².